The lowest BCUT2D eigenvalue weighted by Crippen LogP contribution is -2.40. The molecule has 1 saturated heterocycles. The van der Waals surface area contributed by atoms with Gasteiger partial charge in [0.05, 0.1) is 18.3 Å². The number of ether oxygens (including phenoxy) is 1. The van der Waals surface area contributed by atoms with E-state index >= 15 is 4.39 Å². The Bertz CT molecular complexity index is 769. The van der Waals surface area contributed by atoms with E-state index in [1.165, 1.54) is 11.8 Å². The Morgan fingerprint density at radius 1 is 1.41 bits per heavy atom. The summed E-state index contributed by atoms with van der Waals surface area (Å²) in [5, 5.41) is 2.69. The predicted molar refractivity (Wildman–Crippen MR) is 99.1 cm³/mol. The van der Waals surface area contributed by atoms with Gasteiger partial charge in [-0.3, -0.25) is 9.69 Å². The second-order valence-electron chi connectivity index (χ2n) is 7.93. The Morgan fingerprint density at radius 3 is 2.96 bits per heavy atom. The molecule has 2 amide bonds. The van der Waals surface area contributed by atoms with Crippen LogP contribution in [-0.2, 0) is 16.0 Å². The first-order valence-electron chi connectivity index (χ1n) is 9.75. The zero-order valence-electron chi connectivity index (χ0n) is 15.5. The maximum Gasteiger partial charge on any atom is 0.415 e. The van der Waals surface area contributed by atoms with E-state index in [0.717, 1.165) is 31.2 Å². The quantitative estimate of drug-likeness (QED) is 0.847. The zero-order valence-corrected chi connectivity index (χ0v) is 15.5. The van der Waals surface area contributed by atoms with Gasteiger partial charge in [-0.1, -0.05) is 12.5 Å². The summed E-state index contributed by atoms with van der Waals surface area (Å²) in [6.45, 7) is 2.31. The number of rotatable bonds is 4. The van der Waals surface area contributed by atoms with Crippen molar-refractivity contribution in [1.82, 2.24) is 5.32 Å². The number of cyclic esters (lactones) is 1. The Balaban J connectivity index is 1.59. The van der Waals surface area contributed by atoms with Crippen molar-refractivity contribution in [3.63, 3.8) is 0 Å². The number of nitrogens with zero attached hydrogens (tertiary/aromatic N) is 1. The van der Waals surface area contributed by atoms with E-state index in [9.17, 15) is 9.59 Å². The van der Waals surface area contributed by atoms with Gasteiger partial charge in [0.15, 0.2) is 0 Å². The fourth-order valence-corrected chi connectivity index (χ4v) is 4.85. The number of halogens is 1. The fraction of sp³-hybridized carbons (Fsp3) is 0.600. The number of amides is 2. The number of benzene rings is 1. The van der Waals surface area contributed by atoms with Gasteiger partial charge in [-0.15, -0.1) is 0 Å². The van der Waals surface area contributed by atoms with Gasteiger partial charge in [-0.25, -0.2) is 9.18 Å². The highest BCUT2D eigenvalue weighted by Gasteiger charge is 2.48. The van der Waals surface area contributed by atoms with Crippen LogP contribution >= 0.6 is 0 Å². The maximum atomic E-state index is 15.4. The smallest absolute Gasteiger partial charge is 0.415 e. The summed E-state index contributed by atoms with van der Waals surface area (Å²) in [7, 11) is 0. The predicted octanol–water partition coefficient (Wildman–Crippen LogP) is 2.44. The minimum atomic E-state index is -0.470. The highest BCUT2D eigenvalue weighted by molar-refractivity contribution is 5.94. The summed E-state index contributed by atoms with van der Waals surface area (Å²) in [6.07, 6.45) is 3.57. The molecule has 1 aromatic rings. The summed E-state index contributed by atoms with van der Waals surface area (Å²) >= 11 is 0. The van der Waals surface area contributed by atoms with Crippen LogP contribution in [0.25, 0.3) is 0 Å². The molecule has 1 unspecified atom stereocenters. The second kappa shape index (κ2) is 7.11. The third kappa shape index (κ3) is 3.18. The van der Waals surface area contributed by atoms with Gasteiger partial charge in [0.1, 0.15) is 11.9 Å². The fourth-order valence-electron chi connectivity index (χ4n) is 4.85. The first kappa shape index (κ1) is 18.2. The van der Waals surface area contributed by atoms with E-state index in [2.05, 4.69) is 5.32 Å². The number of fused-ring (bicyclic) bond motifs is 3. The molecule has 1 aliphatic carbocycles. The molecular weight excluding hydrogens is 349 g/mol. The molecular formula is C20H26FN3O3. The van der Waals surface area contributed by atoms with Crippen LogP contribution in [0.1, 0.15) is 49.7 Å². The summed E-state index contributed by atoms with van der Waals surface area (Å²) in [4.78, 5) is 25.0. The molecule has 2 fully saturated rings. The standard InChI is InChI=1S/C20H26FN3O3/c1-11(25)23-10-18-17-8-15-16(24(17)20(26)27-18)6-5-14(19(15)21)13-4-2-3-12(7-13)9-22/h5-6,12-13,17-18H,2-4,7-10,22H2,1H3,(H,23,25)/t12-,13?,17-,18-/m0/s1. The summed E-state index contributed by atoms with van der Waals surface area (Å²) in [6, 6.07) is 3.41. The van der Waals surface area contributed by atoms with E-state index in [-0.39, 0.29) is 30.2 Å². The maximum absolute atomic E-state index is 15.4. The van der Waals surface area contributed by atoms with E-state index in [4.69, 9.17) is 10.5 Å². The molecule has 1 saturated carbocycles. The molecule has 0 radical (unpaired) electrons. The average molecular weight is 375 g/mol. The molecule has 0 aromatic heterocycles. The molecule has 0 bridgehead atoms. The minimum Gasteiger partial charge on any atom is -0.442 e. The lowest BCUT2D eigenvalue weighted by atomic mass is 9.77. The average Bonchev–Trinajstić information content (AvgIpc) is 3.19. The van der Waals surface area contributed by atoms with Crippen molar-refractivity contribution in [2.45, 2.75) is 57.1 Å². The lowest BCUT2D eigenvalue weighted by Gasteiger charge is -2.29. The molecule has 4 rings (SSSR count). The minimum absolute atomic E-state index is 0.180. The first-order valence-corrected chi connectivity index (χ1v) is 9.75. The van der Waals surface area contributed by atoms with Crippen molar-refractivity contribution in [1.29, 1.82) is 0 Å². The normalized spacial score (nSPS) is 29.3. The van der Waals surface area contributed by atoms with E-state index in [1.807, 2.05) is 12.1 Å². The number of hydrogen-bond acceptors (Lipinski definition) is 4. The number of nitrogens with two attached hydrogens (primary N) is 1. The van der Waals surface area contributed by atoms with Crippen molar-refractivity contribution in [2.75, 3.05) is 18.0 Å². The molecule has 3 N–H and O–H groups in total. The summed E-state index contributed by atoms with van der Waals surface area (Å²) < 4.78 is 20.8. The highest BCUT2D eigenvalue weighted by Crippen LogP contribution is 2.44. The van der Waals surface area contributed by atoms with E-state index in [0.29, 0.717) is 30.1 Å². The molecule has 2 heterocycles. The summed E-state index contributed by atoms with van der Waals surface area (Å²) in [5.41, 5.74) is 7.78. The first-order chi connectivity index (χ1) is 13.0. The third-order valence-electron chi connectivity index (χ3n) is 6.24. The van der Waals surface area contributed by atoms with Crippen LogP contribution in [0.4, 0.5) is 14.9 Å². The van der Waals surface area contributed by atoms with Crippen LogP contribution < -0.4 is 16.0 Å². The highest BCUT2D eigenvalue weighted by atomic mass is 19.1. The molecule has 6 nitrogen and oxygen atoms in total. The van der Waals surface area contributed by atoms with Crippen molar-refractivity contribution < 1.29 is 18.7 Å². The number of anilines is 1. The SMILES string of the molecule is CC(=O)NC[C@@H]1OC(=O)N2c3ccc(C4CCC[C@H](CN)C4)c(F)c3C[C@@H]12. The van der Waals surface area contributed by atoms with Crippen LogP contribution in [0.15, 0.2) is 12.1 Å². The van der Waals surface area contributed by atoms with Gasteiger partial charge in [0, 0.05) is 18.9 Å². The largest absolute Gasteiger partial charge is 0.442 e. The number of nitrogens with one attached hydrogen (secondary N) is 1. The van der Waals surface area contributed by atoms with E-state index in [1.54, 1.807) is 0 Å². The second-order valence-corrected chi connectivity index (χ2v) is 7.93. The molecule has 4 atom stereocenters. The number of hydrogen-bond donors (Lipinski definition) is 2. The van der Waals surface area contributed by atoms with Crippen LogP contribution in [0.5, 0.6) is 0 Å². The number of carbonyl (C=O) groups excluding carboxylic acids is 2. The molecule has 7 heteroatoms. The Hall–Kier alpha value is -2.15. The Labute approximate surface area is 158 Å². The molecule has 146 valence electrons. The Kier molecular flexibility index (Phi) is 4.80. The van der Waals surface area contributed by atoms with Crippen molar-refractivity contribution in [3.05, 3.63) is 29.1 Å². The lowest BCUT2D eigenvalue weighted by molar-refractivity contribution is -0.119. The monoisotopic (exact) mass is 375 g/mol. The number of carbonyl (C=O) groups is 2. The van der Waals surface area contributed by atoms with Gasteiger partial charge >= 0.3 is 6.09 Å². The molecule has 3 aliphatic rings. The topological polar surface area (TPSA) is 84.7 Å². The van der Waals surface area contributed by atoms with Gasteiger partial charge in [-0.2, -0.15) is 0 Å². The van der Waals surface area contributed by atoms with Gasteiger partial charge < -0.3 is 15.8 Å². The molecule has 27 heavy (non-hydrogen) atoms. The molecule has 2 aliphatic heterocycles. The van der Waals surface area contributed by atoms with E-state index < -0.39 is 12.2 Å². The van der Waals surface area contributed by atoms with Gasteiger partial charge in [-0.05, 0) is 49.3 Å². The zero-order chi connectivity index (χ0) is 19.1. The van der Waals surface area contributed by atoms with Crippen molar-refractivity contribution >= 4 is 17.7 Å². The molecule has 1 aromatic carbocycles. The third-order valence-corrected chi connectivity index (χ3v) is 6.24. The Morgan fingerprint density at radius 2 is 2.22 bits per heavy atom. The van der Waals surface area contributed by atoms with Crippen LogP contribution in [-0.4, -0.2) is 37.2 Å². The van der Waals surface area contributed by atoms with Crippen LogP contribution in [0.3, 0.4) is 0 Å². The summed E-state index contributed by atoms with van der Waals surface area (Å²) in [5.74, 6) is 0.280. The van der Waals surface area contributed by atoms with Gasteiger partial charge in [0.2, 0.25) is 5.91 Å². The van der Waals surface area contributed by atoms with Crippen LogP contribution in [0.2, 0.25) is 0 Å². The molecule has 0 spiro atoms. The van der Waals surface area contributed by atoms with Gasteiger partial charge in [0.25, 0.3) is 0 Å². The van der Waals surface area contributed by atoms with Crippen LogP contribution in [0, 0.1) is 11.7 Å². The van der Waals surface area contributed by atoms with Crippen molar-refractivity contribution in [2.24, 2.45) is 11.7 Å². The van der Waals surface area contributed by atoms with Crippen molar-refractivity contribution in [3.8, 4) is 0 Å².